The highest BCUT2D eigenvalue weighted by atomic mass is 15.1. The molecule has 2 nitrogen and oxygen atoms in total. The molecule has 0 bridgehead atoms. The molecule has 0 unspecified atom stereocenters. The molecule has 0 spiro atoms. The van der Waals surface area contributed by atoms with Crippen molar-refractivity contribution in [3.8, 4) is 0 Å². The van der Waals surface area contributed by atoms with Gasteiger partial charge in [-0.1, -0.05) is 6.07 Å². The highest BCUT2D eigenvalue weighted by Crippen LogP contribution is 2.27. The van der Waals surface area contributed by atoms with E-state index in [0.29, 0.717) is 0 Å². The van der Waals surface area contributed by atoms with Gasteiger partial charge in [-0.25, -0.2) is 0 Å². The lowest BCUT2D eigenvalue weighted by molar-refractivity contribution is 0.825. The Kier molecular flexibility index (Phi) is 3.14. The summed E-state index contributed by atoms with van der Waals surface area (Å²) in [6.45, 7) is 7.69. The minimum atomic E-state index is 1.08. The monoisotopic (exact) mass is 204 g/mol. The van der Waals surface area contributed by atoms with E-state index in [2.05, 4.69) is 42.3 Å². The van der Waals surface area contributed by atoms with Crippen LogP contribution in [0.25, 0.3) is 0 Å². The molecule has 0 aliphatic carbocycles. The lowest BCUT2D eigenvalue weighted by Gasteiger charge is -2.24. The van der Waals surface area contributed by atoms with Crippen molar-refractivity contribution in [1.82, 2.24) is 0 Å². The molecule has 1 aliphatic rings. The molecule has 0 aromatic heterocycles. The Bertz CT molecular complexity index is 329. The zero-order chi connectivity index (χ0) is 10.7. The van der Waals surface area contributed by atoms with Crippen LogP contribution in [0.1, 0.15) is 25.8 Å². The lowest BCUT2D eigenvalue weighted by atomic mass is 10.0. The highest BCUT2D eigenvalue weighted by molar-refractivity contribution is 5.63. The second kappa shape index (κ2) is 4.56. The SMILES string of the molecule is CCN(CC)c1ccc2c(c1)NCCC2. The summed E-state index contributed by atoms with van der Waals surface area (Å²) < 4.78 is 0. The number of nitrogens with one attached hydrogen (secondary N) is 1. The fourth-order valence-electron chi connectivity index (χ4n) is 2.23. The van der Waals surface area contributed by atoms with Gasteiger partial charge in [0.1, 0.15) is 0 Å². The molecule has 0 radical (unpaired) electrons. The Morgan fingerprint density at radius 1 is 1.27 bits per heavy atom. The minimum Gasteiger partial charge on any atom is -0.385 e. The van der Waals surface area contributed by atoms with Crippen molar-refractivity contribution >= 4 is 11.4 Å². The molecule has 0 saturated heterocycles. The maximum atomic E-state index is 3.48. The van der Waals surface area contributed by atoms with Crippen LogP contribution in [-0.4, -0.2) is 19.6 Å². The van der Waals surface area contributed by atoms with Gasteiger partial charge in [-0.15, -0.1) is 0 Å². The second-order valence-corrected chi connectivity index (χ2v) is 4.04. The zero-order valence-electron chi connectivity index (χ0n) is 9.71. The third-order valence-electron chi connectivity index (χ3n) is 3.16. The predicted molar refractivity (Wildman–Crippen MR) is 66.8 cm³/mol. The molecule has 0 fully saturated rings. The molecule has 2 rings (SSSR count). The van der Waals surface area contributed by atoms with Crippen LogP contribution in [0.5, 0.6) is 0 Å². The first kappa shape index (κ1) is 10.3. The Balaban J connectivity index is 2.27. The molecule has 0 amide bonds. The van der Waals surface area contributed by atoms with E-state index in [9.17, 15) is 0 Å². The average molecular weight is 204 g/mol. The number of hydrogen-bond donors (Lipinski definition) is 1. The summed E-state index contributed by atoms with van der Waals surface area (Å²) in [7, 11) is 0. The van der Waals surface area contributed by atoms with Gasteiger partial charge in [0.15, 0.2) is 0 Å². The van der Waals surface area contributed by atoms with Crippen LogP contribution in [0.4, 0.5) is 11.4 Å². The van der Waals surface area contributed by atoms with Crippen molar-refractivity contribution in [2.45, 2.75) is 26.7 Å². The normalized spacial score (nSPS) is 14.3. The third-order valence-corrected chi connectivity index (χ3v) is 3.16. The van der Waals surface area contributed by atoms with Crippen LogP contribution < -0.4 is 10.2 Å². The number of anilines is 2. The van der Waals surface area contributed by atoms with E-state index in [0.717, 1.165) is 19.6 Å². The van der Waals surface area contributed by atoms with E-state index < -0.39 is 0 Å². The third kappa shape index (κ3) is 2.09. The standard InChI is InChI=1S/C13H20N2/c1-3-15(4-2)12-8-7-11-6-5-9-14-13(11)10-12/h7-8,10,14H,3-6,9H2,1-2H3. The van der Waals surface area contributed by atoms with Crippen LogP contribution in [0.15, 0.2) is 18.2 Å². The Hall–Kier alpha value is -1.18. The predicted octanol–water partition coefficient (Wildman–Crippen LogP) is 2.89. The van der Waals surface area contributed by atoms with Crippen molar-refractivity contribution in [3.63, 3.8) is 0 Å². The van der Waals surface area contributed by atoms with Crippen LogP contribution in [-0.2, 0) is 6.42 Å². The van der Waals surface area contributed by atoms with E-state index in [1.165, 1.54) is 29.8 Å². The van der Waals surface area contributed by atoms with Crippen molar-refractivity contribution in [2.75, 3.05) is 29.9 Å². The van der Waals surface area contributed by atoms with Crippen molar-refractivity contribution in [2.24, 2.45) is 0 Å². The van der Waals surface area contributed by atoms with Gasteiger partial charge in [-0.2, -0.15) is 0 Å². The first-order valence-corrected chi connectivity index (χ1v) is 5.97. The second-order valence-electron chi connectivity index (χ2n) is 4.04. The van der Waals surface area contributed by atoms with Crippen LogP contribution >= 0.6 is 0 Å². The largest absolute Gasteiger partial charge is 0.385 e. The number of rotatable bonds is 3. The van der Waals surface area contributed by atoms with Gasteiger partial charge in [0.2, 0.25) is 0 Å². The molecule has 1 aromatic carbocycles. The number of aryl methyl sites for hydroxylation is 1. The van der Waals surface area contributed by atoms with Gasteiger partial charge < -0.3 is 10.2 Å². The summed E-state index contributed by atoms with van der Waals surface area (Å²) in [5.41, 5.74) is 4.15. The molecule has 1 aromatic rings. The summed E-state index contributed by atoms with van der Waals surface area (Å²) in [6.07, 6.45) is 2.48. The van der Waals surface area contributed by atoms with Crippen LogP contribution in [0, 0.1) is 0 Å². The van der Waals surface area contributed by atoms with Gasteiger partial charge in [-0.05, 0) is 44.4 Å². The molecule has 1 N–H and O–H groups in total. The Morgan fingerprint density at radius 3 is 2.80 bits per heavy atom. The minimum absolute atomic E-state index is 1.08. The van der Waals surface area contributed by atoms with Gasteiger partial charge in [0, 0.05) is 31.0 Å². The maximum Gasteiger partial charge on any atom is 0.0393 e. The molecule has 0 atom stereocenters. The fraction of sp³-hybridized carbons (Fsp3) is 0.538. The smallest absolute Gasteiger partial charge is 0.0393 e. The first-order chi connectivity index (χ1) is 7.35. The van der Waals surface area contributed by atoms with Crippen molar-refractivity contribution in [1.29, 1.82) is 0 Å². The molecular weight excluding hydrogens is 184 g/mol. The molecule has 0 saturated carbocycles. The summed E-state index contributed by atoms with van der Waals surface area (Å²) in [6, 6.07) is 6.81. The Labute approximate surface area is 92.3 Å². The highest BCUT2D eigenvalue weighted by Gasteiger charge is 2.10. The van der Waals surface area contributed by atoms with Gasteiger partial charge in [0.25, 0.3) is 0 Å². The molecule has 1 heterocycles. The topological polar surface area (TPSA) is 15.3 Å². The summed E-state index contributed by atoms with van der Waals surface area (Å²) in [5.74, 6) is 0. The van der Waals surface area contributed by atoms with E-state index >= 15 is 0 Å². The number of hydrogen-bond acceptors (Lipinski definition) is 2. The van der Waals surface area contributed by atoms with E-state index in [4.69, 9.17) is 0 Å². The van der Waals surface area contributed by atoms with Crippen LogP contribution in [0.3, 0.4) is 0 Å². The summed E-state index contributed by atoms with van der Waals surface area (Å²) in [5, 5.41) is 3.48. The first-order valence-electron chi connectivity index (χ1n) is 5.97. The van der Waals surface area contributed by atoms with Gasteiger partial charge in [-0.3, -0.25) is 0 Å². The van der Waals surface area contributed by atoms with E-state index in [1.807, 2.05) is 0 Å². The molecule has 1 aliphatic heterocycles. The molecule has 15 heavy (non-hydrogen) atoms. The average Bonchev–Trinajstić information content (AvgIpc) is 2.30. The molecule has 82 valence electrons. The van der Waals surface area contributed by atoms with Crippen molar-refractivity contribution < 1.29 is 0 Å². The fourth-order valence-corrected chi connectivity index (χ4v) is 2.23. The quantitative estimate of drug-likeness (QED) is 0.814. The van der Waals surface area contributed by atoms with E-state index in [-0.39, 0.29) is 0 Å². The molecule has 2 heteroatoms. The van der Waals surface area contributed by atoms with E-state index in [1.54, 1.807) is 0 Å². The number of fused-ring (bicyclic) bond motifs is 1. The number of nitrogens with zero attached hydrogens (tertiary/aromatic N) is 1. The maximum absolute atomic E-state index is 3.48. The van der Waals surface area contributed by atoms with Crippen LogP contribution in [0.2, 0.25) is 0 Å². The Morgan fingerprint density at radius 2 is 2.07 bits per heavy atom. The lowest BCUT2D eigenvalue weighted by Crippen LogP contribution is -2.22. The molecular formula is C13H20N2. The summed E-state index contributed by atoms with van der Waals surface area (Å²) >= 11 is 0. The summed E-state index contributed by atoms with van der Waals surface area (Å²) in [4.78, 5) is 2.39. The van der Waals surface area contributed by atoms with Gasteiger partial charge in [0.05, 0.1) is 0 Å². The zero-order valence-corrected chi connectivity index (χ0v) is 9.71. The van der Waals surface area contributed by atoms with Gasteiger partial charge >= 0.3 is 0 Å². The van der Waals surface area contributed by atoms with Crippen molar-refractivity contribution in [3.05, 3.63) is 23.8 Å². The number of benzene rings is 1.